The number of phenolic OH excluding ortho intramolecular Hbond substituents is 1. The number of benzene rings is 2. The van der Waals surface area contributed by atoms with Gasteiger partial charge in [0.05, 0.1) is 25.3 Å². The number of ketones is 1. The topological polar surface area (TPSA) is 106 Å². The lowest BCUT2D eigenvalue weighted by Gasteiger charge is -2.25. The van der Waals surface area contributed by atoms with Crippen LogP contribution in [0.5, 0.6) is 17.2 Å². The standard InChI is InChI=1S/C24H25NO7/c1-4-12-32-17-8-5-15(6-9-17)22(27)20-21(16-7-10-18(26)19(14-16)31-3)25(11-13-30-2)24(29)23(20)28/h4-10,14,21,26-27H,1,11-13H2,2-3H3/t21-/m1/s1. The lowest BCUT2D eigenvalue weighted by atomic mass is 9.95. The van der Waals surface area contributed by atoms with Crippen molar-refractivity contribution in [1.29, 1.82) is 0 Å². The Morgan fingerprint density at radius 3 is 2.50 bits per heavy atom. The Bertz CT molecular complexity index is 1040. The third-order valence-electron chi connectivity index (χ3n) is 5.09. The maximum atomic E-state index is 12.9. The van der Waals surface area contributed by atoms with Crippen LogP contribution in [0.3, 0.4) is 0 Å². The number of hydrogen-bond donors (Lipinski definition) is 2. The highest BCUT2D eigenvalue weighted by Gasteiger charge is 2.46. The molecule has 2 aromatic carbocycles. The summed E-state index contributed by atoms with van der Waals surface area (Å²) in [6, 6.07) is 10.2. The van der Waals surface area contributed by atoms with Crippen LogP contribution in [0.2, 0.25) is 0 Å². The molecule has 0 radical (unpaired) electrons. The van der Waals surface area contributed by atoms with Gasteiger partial charge in [-0.3, -0.25) is 9.59 Å². The minimum absolute atomic E-state index is 0.0568. The van der Waals surface area contributed by atoms with Crippen LogP contribution in [0.25, 0.3) is 5.76 Å². The first-order valence-corrected chi connectivity index (χ1v) is 9.91. The van der Waals surface area contributed by atoms with Crippen LogP contribution in [0.15, 0.2) is 60.7 Å². The van der Waals surface area contributed by atoms with Crippen LogP contribution in [0.4, 0.5) is 0 Å². The van der Waals surface area contributed by atoms with E-state index in [2.05, 4.69) is 6.58 Å². The predicted octanol–water partition coefficient (Wildman–Crippen LogP) is 3.03. The molecule has 0 aliphatic carbocycles. The number of carbonyl (C=O) groups excluding carboxylic acids is 2. The Morgan fingerprint density at radius 1 is 1.16 bits per heavy atom. The Hall–Kier alpha value is -3.78. The number of aliphatic hydroxyl groups excluding tert-OH is 1. The third kappa shape index (κ3) is 4.45. The zero-order valence-electron chi connectivity index (χ0n) is 17.9. The van der Waals surface area contributed by atoms with Gasteiger partial charge in [-0.2, -0.15) is 0 Å². The zero-order valence-corrected chi connectivity index (χ0v) is 17.9. The van der Waals surface area contributed by atoms with Gasteiger partial charge in [-0.25, -0.2) is 0 Å². The van der Waals surface area contributed by atoms with E-state index in [1.54, 1.807) is 36.4 Å². The summed E-state index contributed by atoms with van der Waals surface area (Å²) in [4.78, 5) is 27.1. The third-order valence-corrected chi connectivity index (χ3v) is 5.09. The van der Waals surface area contributed by atoms with Crippen molar-refractivity contribution in [3.05, 3.63) is 71.8 Å². The fraction of sp³-hybridized carbons (Fsp3) is 0.250. The highest BCUT2D eigenvalue weighted by atomic mass is 16.5. The van der Waals surface area contributed by atoms with Crippen molar-refractivity contribution in [3.8, 4) is 17.2 Å². The summed E-state index contributed by atoms with van der Waals surface area (Å²) in [6.45, 7) is 4.27. The first kappa shape index (κ1) is 22.9. The highest BCUT2D eigenvalue weighted by Crippen LogP contribution is 2.41. The van der Waals surface area contributed by atoms with Gasteiger partial charge in [-0.05, 0) is 42.0 Å². The molecule has 2 aromatic rings. The molecule has 0 saturated carbocycles. The molecule has 0 spiro atoms. The van der Waals surface area contributed by atoms with Gasteiger partial charge >= 0.3 is 0 Å². The molecule has 3 rings (SSSR count). The van der Waals surface area contributed by atoms with Crippen LogP contribution in [-0.2, 0) is 14.3 Å². The van der Waals surface area contributed by atoms with Crippen molar-refractivity contribution in [3.63, 3.8) is 0 Å². The molecule has 8 nitrogen and oxygen atoms in total. The quantitative estimate of drug-likeness (QED) is 0.268. The molecule has 1 saturated heterocycles. The number of amides is 1. The van der Waals surface area contributed by atoms with E-state index >= 15 is 0 Å². The summed E-state index contributed by atoms with van der Waals surface area (Å²) in [5.74, 6) is -1.18. The van der Waals surface area contributed by atoms with Gasteiger partial charge in [0.2, 0.25) is 0 Å². The van der Waals surface area contributed by atoms with Gasteiger partial charge in [0.1, 0.15) is 18.1 Å². The summed E-state index contributed by atoms with van der Waals surface area (Å²) in [6.07, 6.45) is 1.61. The number of ether oxygens (including phenoxy) is 3. The van der Waals surface area contributed by atoms with Gasteiger partial charge in [0, 0.05) is 19.2 Å². The molecule has 0 bridgehead atoms. The number of nitrogens with zero attached hydrogens (tertiary/aromatic N) is 1. The molecule has 1 atom stereocenters. The minimum Gasteiger partial charge on any atom is -0.507 e. The summed E-state index contributed by atoms with van der Waals surface area (Å²) < 4.78 is 15.7. The molecule has 1 heterocycles. The Morgan fingerprint density at radius 2 is 1.88 bits per heavy atom. The smallest absolute Gasteiger partial charge is 0.295 e. The van der Waals surface area contributed by atoms with Gasteiger partial charge in [-0.1, -0.05) is 18.7 Å². The van der Waals surface area contributed by atoms with Crippen LogP contribution in [0, 0.1) is 0 Å². The number of rotatable bonds is 9. The summed E-state index contributed by atoms with van der Waals surface area (Å²) >= 11 is 0. The van der Waals surface area contributed by atoms with Gasteiger partial charge < -0.3 is 29.3 Å². The van der Waals surface area contributed by atoms with Gasteiger partial charge in [0.25, 0.3) is 11.7 Å². The molecule has 0 unspecified atom stereocenters. The van der Waals surface area contributed by atoms with Crippen molar-refractivity contribution >= 4 is 17.4 Å². The summed E-state index contributed by atoms with van der Waals surface area (Å²) in [7, 11) is 2.89. The molecule has 8 heteroatoms. The highest BCUT2D eigenvalue weighted by molar-refractivity contribution is 6.46. The summed E-state index contributed by atoms with van der Waals surface area (Å²) in [5.41, 5.74) is 0.803. The first-order chi connectivity index (χ1) is 15.4. The minimum atomic E-state index is -0.878. The number of hydrogen-bond acceptors (Lipinski definition) is 7. The summed E-state index contributed by atoms with van der Waals surface area (Å²) in [5, 5.41) is 21.0. The number of aliphatic hydroxyl groups is 1. The largest absolute Gasteiger partial charge is 0.507 e. The lowest BCUT2D eigenvalue weighted by molar-refractivity contribution is -0.140. The second-order valence-electron chi connectivity index (χ2n) is 7.04. The van der Waals surface area contributed by atoms with Crippen molar-refractivity contribution in [2.24, 2.45) is 0 Å². The number of Topliss-reactive ketones (excluding diaryl/α,β-unsaturated/α-hetero) is 1. The zero-order chi connectivity index (χ0) is 23.3. The predicted molar refractivity (Wildman–Crippen MR) is 118 cm³/mol. The average Bonchev–Trinajstić information content (AvgIpc) is 3.06. The molecule has 1 amide bonds. The normalized spacial score (nSPS) is 17.4. The van der Waals surface area contributed by atoms with Gasteiger partial charge in [-0.15, -0.1) is 0 Å². The number of carbonyl (C=O) groups is 2. The number of phenols is 1. The fourth-order valence-corrected chi connectivity index (χ4v) is 3.53. The first-order valence-electron chi connectivity index (χ1n) is 9.91. The van der Waals surface area contributed by atoms with Crippen LogP contribution in [0.1, 0.15) is 17.2 Å². The maximum absolute atomic E-state index is 12.9. The molecule has 1 fully saturated rings. The Kier molecular flexibility index (Phi) is 7.17. The molecule has 2 N–H and O–H groups in total. The second kappa shape index (κ2) is 10.0. The van der Waals surface area contributed by atoms with E-state index in [1.807, 2.05) is 0 Å². The van der Waals surface area contributed by atoms with Crippen LogP contribution in [-0.4, -0.2) is 60.8 Å². The molecule has 1 aliphatic heterocycles. The SMILES string of the molecule is C=CCOc1ccc(C(O)=C2C(=O)C(=O)N(CCOC)[C@@H]2c2ccc(O)c(OC)c2)cc1. The van der Waals surface area contributed by atoms with E-state index in [0.29, 0.717) is 23.5 Å². The molecule has 32 heavy (non-hydrogen) atoms. The van der Waals surface area contributed by atoms with E-state index < -0.39 is 17.7 Å². The molecular formula is C24H25NO7. The van der Waals surface area contributed by atoms with Crippen molar-refractivity contribution in [2.45, 2.75) is 6.04 Å². The molecule has 0 aromatic heterocycles. The average molecular weight is 439 g/mol. The van der Waals surface area contributed by atoms with E-state index in [-0.39, 0.29) is 36.0 Å². The van der Waals surface area contributed by atoms with E-state index in [0.717, 1.165) is 0 Å². The maximum Gasteiger partial charge on any atom is 0.295 e. The van der Waals surface area contributed by atoms with E-state index in [4.69, 9.17) is 14.2 Å². The van der Waals surface area contributed by atoms with E-state index in [1.165, 1.54) is 31.3 Å². The van der Waals surface area contributed by atoms with Crippen LogP contribution >= 0.6 is 0 Å². The Balaban J connectivity index is 2.10. The fourth-order valence-electron chi connectivity index (χ4n) is 3.53. The van der Waals surface area contributed by atoms with Crippen LogP contribution < -0.4 is 9.47 Å². The Labute approximate surface area is 185 Å². The monoisotopic (exact) mass is 439 g/mol. The lowest BCUT2D eigenvalue weighted by Crippen LogP contribution is -2.32. The van der Waals surface area contributed by atoms with E-state index in [9.17, 15) is 19.8 Å². The number of methoxy groups -OCH3 is 2. The van der Waals surface area contributed by atoms with Gasteiger partial charge in [0.15, 0.2) is 11.5 Å². The second-order valence-corrected chi connectivity index (χ2v) is 7.04. The molecule has 168 valence electrons. The molecular weight excluding hydrogens is 414 g/mol. The van der Waals surface area contributed by atoms with Crippen molar-refractivity contribution in [2.75, 3.05) is 34.0 Å². The number of aromatic hydroxyl groups is 1. The van der Waals surface area contributed by atoms with Crippen molar-refractivity contribution < 1.29 is 34.0 Å². The van der Waals surface area contributed by atoms with Crippen molar-refractivity contribution in [1.82, 2.24) is 4.90 Å². The molecule has 1 aliphatic rings. The number of likely N-dealkylation sites (tertiary alicyclic amines) is 1.